The first-order chi connectivity index (χ1) is 8.61. The van der Waals surface area contributed by atoms with Gasteiger partial charge in [0, 0.05) is 31.5 Å². The molecule has 5 heteroatoms. The van der Waals surface area contributed by atoms with Crippen LogP contribution in [0.5, 0.6) is 0 Å². The van der Waals surface area contributed by atoms with Crippen LogP contribution in [0.15, 0.2) is 12.4 Å². The summed E-state index contributed by atoms with van der Waals surface area (Å²) in [5.74, 6) is 0. The predicted molar refractivity (Wildman–Crippen MR) is 72.6 cm³/mol. The van der Waals surface area contributed by atoms with Crippen molar-refractivity contribution in [2.75, 3.05) is 40.4 Å². The molecule has 0 amide bonds. The number of rotatable bonds is 8. The van der Waals surface area contributed by atoms with Crippen LogP contribution in [0.3, 0.4) is 0 Å². The Hall–Kier alpha value is -1.04. The van der Waals surface area contributed by atoms with Crippen molar-refractivity contribution in [3.05, 3.63) is 23.8 Å². The Morgan fingerprint density at radius 1 is 1.28 bits per heavy atom. The summed E-state index contributed by atoms with van der Waals surface area (Å²) in [5, 5.41) is 3.39. The minimum atomic E-state index is 0.205. The summed E-state index contributed by atoms with van der Waals surface area (Å²) in [5.41, 5.74) is 1.98. The van der Waals surface area contributed by atoms with Gasteiger partial charge in [-0.2, -0.15) is 0 Å². The summed E-state index contributed by atoms with van der Waals surface area (Å²) < 4.78 is 5.52. The minimum Gasteiger partial charge on any atom is -0.379 e. The van der Waals surface area contributed by atoms with E-state index in [4.69, 9.17) is 4.74 Å². The molecule has 0 saturated carbocycles. The molecule has 1 heterocycles. The molecule has 0 aromatic carbocycles. The fourth-order valence-electron chi connectivity index (χ4n) is 1.64. The molecule has 0 aliphatic carbocycles. The lowest BCUT2D eigenvalue weighted by Gasteiger charge is -2.15. The van der Waals surface area contributed by atoms with Crippen molar-refractivity contribution in [1.82, 2.24) is 20.2 Å². The third kappa shape index (κ3) is 5.53. The first-order valence-corrected chi connectivity index (χ1v) is 6.34. The summed E-state index contributed by atoms with van der Waals surface area (Å²) in [6.07, 6.45) is 3.45. The van der Waals surface area contributed by atoms with Crippen molar-refractivity contribution in [3.63, 3.8) is 0 Å². The molecule has 0 saturated heterocycles. The second-order valence-corrected chi connectivity index (χ2v) is 4.62. The van der Waals surface area contributed by atoms with Crippen molar-refractivity contribution in [3.8, 4) is 0 Å². The van der Waals surface area contributed by atoms with Gasteiger partial charge in [-0.15, -0.1) is 0 Å². The number of nitrogens with zero attached hydrogens (tertiary/aromatic N) is 3. The van der Waals surface area contributed by atoms with Crippen LogP contribution in [-0.2, 0) is 4.74 Å². The second kappa shape index (κ2) is 8.13. The SMILES string of the molecule is Cc1nccnc1C(C)NCCOCCN(C)C. The molecule has 102 valence electrons. The van der Waals surface area contributed by atoms with E-state index in [0.717, 1.165) is 37.7 Å². The van der Waals surface area contributed by atoms with Gasteiger partial charge >= 0.3 is 0 Å². The van der Waals surface area contributed by atoms with Crippen LogP contribution in [0.4, 0.5) is 0 Å². The fourth-order valence-corrected chi connectivity index (χ4v) is 1.64. The van der Waals surface area contributed by atoms with Crippen LogP contribution >= 0.6 is 0 Å². The monoisotopic (exact) mass is 252 g/mol. The molecule has 0 spiro atoms. The van der Waals surface area contributed by atoms with E-state index in [1.54, 1.807) is 12.4 Å². The van der Waals surface area contributed by atoms with Gasteiger partial charge in [0.1, 0.15) is 0 Å². The van der Waals surface area contributed by atoms with Gasteiger partial charge in [0.05, 0.1) is 24.6 Å². The first-order valence-electron chi connectivity index (χ1n) is 6.34. The maximum Gasteiger partial charge on any atom is 0.0782 e. The smallest absolute Gasteiger partial charge is 0.0782 e. The number of hydrogen-bond acceptors (Lipinski definition) is 5. The molecule has 0 fully saturated rings. The second-order valence-electron chi connectivity index (χ2n) is 4.62. The van der Waals surface area contributed by atoms with E-state index in [0.29, 0.717) is 0 Å². The molecule has 5 nitrogen and oxygen atoms in total. The number of nitrogens with one attached hydrogen (secondary N) is 1. The van der Waals surface area contributed by atoms with Crippen molar-refractivity contribution >= 4 is 0 Å². The molecular weight excluding hydrogens is 228 g/mol. The molecule has 1 aromatic heterocycles. The molecule has 1 rings (SSSR count). The third-order valence-corrected chi connectivity index (χ3v) is 2.71. The lowest BCUT2D eigenvalue weighted by molar-refractivity contribution is 0.118. The van der Waals surface area contributed by atoms with Gasteiger partial charge in [0.2, 0.25) is 0 Å². The standard InChI is InChI=1S/C13H24N4O/c1-11-13(16-6-5-14-11)12(2)15-7-9-18-10-8-17(3)4/h5-6,12,15H,7-10H2,1-4H3. The summed E-state index contributed by atoms with van der Waals surface area (Å²) in [4.78, 5) is 10.7. The number of likely N-dealkylation sites (N-methyl/N-ethyl adjacent to an activating group) is 1. The van der Waals surface area contributed by atoms with Gasteiger partial charge in [0.25, 0.3) is 0 Å². The van der Waals surface area contributed by atoms with Crippen LogP contribution in [0.1, 0.15) is 24.4 Å². The Balaban J connectivity index is 2.18. The first kappa shape index (κ1) is 15.0. The average molecular weight is 252 g/mol. The van der Waals surface area contributed by atoms with Crippen molar-refractivity contribution < 1.29 is 4.74 Å². The number of aryl methyl sites for hydroxylation is 1. The lowest BCUT2D eigenvalue weighted by atomic mass is 10.2. The Bertz CT molecular complexity index is 344. The zero-order valence-electron chi connectivity index (χ0n) is 11.8. The Labute approximate surface area is 110 Å². The summed E-state index contributed by atoms with van der Waals surface area (Å²) in [6.45, 7) is 7.35. The molecule has 1 unspecified atom stereocenters. The van der Waals surface area contributed by atoms with Gasteiger partial charge in [-0.05, 0) is 27.9 Å². The van der Waals surface area contributed by atoms with Crippen molar-refractivity contribution in [1.29, 1.82) is 0 Å². The number of hydrogen-bond donors (Lipinski definition) is 1. The minimum absolute atomic E-state index is 0.205. The summed E-state index contributed by atoms with van der Waals surface area (Å²) in [6, 6.07) is 0.205. The van der Waals surface area contributed by atoms with Crippen molar-refractivity contribution in [2.24, 2.45) is 0 Å². The Kier molecular flexibility index (Phi) is 6.78. The van der Waals surface area contributed by atoms with Crippen LogP contribution < -0.4 is 5.32 Å². The van der Waals surface area contributed by atoms with E-state index < -0.39 is 0 Å². The van der Waals surface area contributed by atoms with Crippen LogP contribution in [0.25, 0.3) is 0 Å². The molecule has 18 heavy (non-hydrogen) atoms. The highest BCUT2D eigenvalue weighted by Gasteiger charge is 2.08. The van der Waals surface area contributed by atoms with Gasteiger partial charge in [-0.1, -0.05) is 0 Å². The molecule has 0 aliphatic heterocycles. The lowest BCUT2D eigenvalue weighted by Crippen LogP contribution is -2.26. The quantitative estimate of drug-likeness (QED) is 0.700. The molecule has 1 N–H and O–H groups in total. The molecule has 0 aliphatic rings. The number of ether oxygens (including phenoxy) is 1. The van der Waals surface area contributed by atoms with Gasteiger partial charge in [-0.25, -0.2) is 0 Å². The summed E-state index contributed by atoms with van der Waals surface area (Å²) >= 11 is 0. The van der Waals surface area contributed by atoms with E-state index in [-0.39, 0.29) is 6.04 Å². The highest BCUT2D eigenvalue weighted by atomic mass is 16.5. The maximum absolute atomic E-state index is 5.52. The topological polar surface area (TPSA) is 50.3 Å². The zero-order valence-corrected chi connectivity index (χ0v) is 11.8. The highest BCUT2D eigenvalue weighted by molar-refractivity contribution is 5.12. The zero-order chi connectivity index (χ0) is 13.4. The third-order valence-electron chi connectivity index (χ3n) is 2.71. The highest BCUT2D eigenvalue weighted by Crippen LogP contribution is 2.10. The van der Waals surface area contributed by atoms with E-state index in [1.807, 2.05) is 21.0 Å². The maximum atomic E-state index is 5.52. The van der Waals surface area contributed by atoms with E-state index >= 15 is 0 Å². The van der Waals surface area contributed by atoms with Crippen LogP contribution in [-0.4, -0.2) is 55.3 Å². The molecular formula is C13H24N4O. The largest absolute Gasteiger partial charge is 0.379 e. The van der Waals surface area contributed by atoms with Crippen LogP contribution in [0.2, 0.25) is 0 Å². The normalized spacial score (nSPS) is 12.9. The van der Waals surface area contributed by atoms with E-state index in [9.17, 15) is 0 Å². The Morgan fingerprint density at radius 2 is 2.00 bits per heavy atom. The van der Waals surface area contributed by atoms with Gasteiger partial charge in [-0.3, -0.25) is 9.97 Å². The van der Waals surface area contributed by atoms with Crippen molar-refractivity contribution in [2.45, 2.75) is 19.9 Å². The predicted octanol–water partition coefficient (Wildman–Crippen LogP) is 1.01. The fraction of sp³-hybridized carbons (Fsp3) is 0.692. The Morgan fingerprint density at radius 3 is 2.67 bits per heavy atom. The molecule has 1 aromatic rings. The van der Waals surface area contributed by atoms with Crippen LogP contribution in [0, 0.1) is 6.92 Å². The molecule has 0 bridgehead atoms. The number of aromatic nitrogens is 2. The van der Waals surface area contributed by atoms with Gasteiger partial charge in [0.15, 0.2) is 0 Å². The average Bonchev–Trinajstić information content (AvgIpc) is 2.33. The van der Waals surface area contributed by atoms with Gasteiger partial charge < -0.3 is 15.0 Å². The molecule has 1 atom stereocenters. The van der Waals surface area contributed by atoms with E-state index in [2.05, 4.69) is 27.1 Å². The summed E-state index contributed by atoms with van der Waals surface area (Å²) in [7, 11) is 4.08. The van der Waals surface area contributed by atoms with E-state index in [1.165, 1.54) is 0 Å². The molecule has 0 radical (unpaired) electrons.